The Labute approximate surface area is 226 Å². The second-order valence-corrected chi connectivity index (χ2v) is 12.2. The number of anilines is 1. The van der Waals surface area contributed by atoms with E-state index in [9.17, 15) is 19.5 Å². The van der Waals surface area contributed by atoms with Gasteiger partial charge in [-0.25, -0.2) is 0 Å². The van der Waals surface area contributed by atoms with Crippen LogP contribution in [0.3, 0.4) is 0 Å². The minimum Gasteiger partial charge on any atom is -0.396 e. The fraction of sp³-hybridized carbons (Fsp3) is 0.464. The van der Waals surface area contributed by atoms with Gasteiger partial charge in [0.05, 0.1) is 16.6 Å². The first-order valence-corrected chi connectivity index (χ1v) is 14.1. The van der Waals surface area contributed by atoms with Crippen molar-refractivity contribution in [2.75, 3.05) is 18.5 Å². The molecular weight excluding hydrogens is 510 g/mol. The van der Waals surface area contributed by atoms with Crippen LogP contribution in [0.5, 0.6) is 0 Å². The number of nitrogens with zero attached hydrogens (tertiary/aromatic N) is 1. The number of amides is 3. The largest absolute Gasteiger partial charge is 0.396 e. The smallest absolute Gasteiger partial charge is 0.248 e. The van der Waals surface area contributed by atoms with Gasteiger partial charge in [0.1, 0.15) is 6.04 Å². The molecule has 1 spiro atoms. The molecule has 7 nitrogen and oxygen atoms in total. The van der Waals surface area contributed by atoms with Gasteiger partial charge in [-0.2, -0.15) is 0 Å². The van der Waals surface area contributed by atoms with Crippen molar-refractivity contribution in [2.45, 2.75) is 48.8 Å². The molecule has 3 heterocycles. The zero-order chi connectivity index (χ0) is 26.2. The van der Waals surface area contributed by atoms with Gasteiger partial charge in [0, 0.05) is 35.7 Å². The van der Waals surface area contributed by atoms with E-state index in [0.717, 1.165) is 12.0 Å². The molecule has 3 aliphatic rings. The van der Waals surface area contributed by atoms with Gasteiger partial charge in [0.2, 0.25) is 17.7 Å². The van der Waals surface area contributed by atoms with Crippen LogP contribution in [0.1, 0.15) is 31.7 Å². The maximum absolute atomic E-state index is 14.0. The van der Waals surface area contributed by atoms with Gasteiger partial charge in [-0.3, -0.25) is 14.4 Å². The van der Waals surface area contributed by atoms with Crippen molar-refractivity contribution in [3.63, 3.8) is 0 Å². The third-order valence-electron chi connectivity index (χ3n) is 8.03. The summed E-state index contributed by atoms with van der Waals surface area (Å²) in [5, 5.41) is 15.9. The van der Waals surface area contributed by atoms with Crippen LogP contribution in [-0.2, 0) is 20.9 Å². The number of likely N-dealkylation sites (tertiary alicyclic amines) is 1. The standard InChI is InChI=1S/C28H32ClN3O4S/c1-17-15-21-22(25(34)30-16-18-7-3-2-4-8-18)23-27(36)32(13-5-6-14-33)24(28(17,23)37-21)26(35)31-20-11-9-19(29)10-12-20/h2-4,7-12,17,21-24,33H,5-6,13-16H2,1H3,(H,30,34)(H,31,35)/t17?,21-,22+,23+,24?,28?/m1/s1. The maximum atomic E-state index is 14.0. The Morgan fingerprint density at radius 1 is 1.11 bits per heavy atom. The van der Waals surface area contributed by atoms with Crippen LogP contribution >= 0.6 is 23.4 Å². The van der Waals surface area contributed by atoms with Gasteiger partial charge in [-0.1, -0.05) is 48.9 Å². The summed E-state index contributed by atoms with van der Waals surface area (Å²) >= 11 is 7.67. The van der Waals surface area contributed by atoms with Gasteiger partial charge in [-0.15, -0.1) is 11.8 Å². The number of halogens is 1. The maximum Gasteiger partial charge on any atom is 0.248 e. The Balaban J connectivity index is 1.43. The quantitative estimate of drug-likeness (QED) is 0.420. The van der Waals surface area contributed by atoms with Gasteiger partial charge in [-0.05, 0) is 55.0 Å². The van der Waals surface area contributed by atoms with Crippen LogP contribution in [0, 0.1) is 17.8 Å². The summed E-state index contributed by atoms with van der Waals surface area (Å²) in [5.41, 5.74) is 1.61. The van der Waals surface area contributed by atoms with E-state index in [4.69, 9.17) is 11.6 Å². The van der Waals surface area contributed by atoms with E-state index >= 15 is 0 Å². The molecule has 2 aromatic carbocycles. The summed E-state index contributed by atoms with van der Waals surface area (Å²) in [5.74, 6) is -1.44. The van der Waals surface area contributed by atoms with Crippen molar-refractivity contribution in [2.24, 2.45) is 17.8 Å². The van der Waals surface area contributed by atoms with E-state index < -0.39 is 22.6 Å². The number of unbranched alkanes of at least 4 members (excludes halogenated alkanes) is 1. The Kier molecular flexibility index (Phi) is 7.52. The first-order chi connectivity index (χ1) is 17.9. The van der Waals surface area contributed by atoms with Crippen molar-refractivity contribution < 1.29 is 19.5 Å². The average molecular weight is 542 g/mol. The lowest BCUT2D eigenvalue weighted by atomic mass is 9.66. The van der Waals surface area contributed by atoms with Crippen LogP contribution in [0.15, 0.2) is 54.6 Å². The number of hydrogen-bond donors (Lipinski definition) is 3. The molecule has 9 heteroatoms. The molecule has 2 aromatic rings. The molecule has 6 atom stereocenters. The summed E-state index contributed by atoms with van der Waals surface area (Å²) in [7, 11) is 0. The van der Waals surface area contributed by atoms with E-state index in [0.29, 0.717) is 36.6 Å². The Morgan fingerprint density at radius 3 is 2.54 bits per heavy atom. The lowest BCUT2D eigenvalue weighted by molar-refractivity contribution is -0.139. The molecule has 196 valence electrons. The minimum atomic E-state index is -0.698. The zero-order valence-electron chi connectivity index (χ0n) is 20.7. The van der Waals surface area contributed by atoms with Gasteiger partial charge in [0.15, 0.2) is 0 Å². The number of benzene rings is 2. The number of hydrogen-bond acceptors (Lipinski definition) is 5. The van der Waals surface area contributed by atoms with E-state index in [2.05, 4.69) is 17.6 Å². The molecule has 0 aliphatic carbocycles. The Morgan fingerprint density at radius 2 is 1.84 bits per heavy atom. The highest BCUT2D eigenvalue weighted by molar-refractivity contribution is 8.02. The van der Waals surface area contributed by atoms with Crippen LogP contribution < -0.4 is 10.6 Å². The summed E-state index contributed by atoms with van der Waals surface area (Å²) in [6.45, 7) is 2.89. The topological polar surface area (TPSA) is 98.7 Å². The molecule has 37 heavy (non-hydrogen) atoms. The number of fused-ring (bicyclic) bond motifs is 1. The zero-order valence-corrected chi connectivity index (χ0v) is 22.3. The van der Waals surface area contributed by atoms with Gasteiger partial charge < -0.3 is 20.6 Å². The van der Waals surface area contributed by atoms with E-state index in [1.54, 1.807) is 40.9 Å². The predicted octanol–water partition coefficient (Wildman–Crippen LogP) is 3.70. The highest BCUT2D eigenvalue weighted by Crippen LogP contribution is 2.68. The minimum absolute atomic E-state index is 0.00912. The third-order valence-corrected chi connectivity index (χ3v) is 10.4. The lowest BCUT2D eigenvalue weighted by Gasteiger charge is -2.38. The monoisotopic (exact) mass is 541 g/mol. The van der Waals surface area contributed by atoms with E-state index in [-0.39, 0.29) is 35.5 Å². The normalized spacial score (nSPS) is 29.9. The fourth-order valence-electron chi connectivity index (χ4n) is 6.40. The first-order valence-electron chi connectivity index (χ1n) is 12.8. The molecule has 0 aromatic heterocycles. The van der Waals surface area contributed by atoms with Crippen molar-refractivity contribution in [3.05, 3.63) is 65.2 Å². The molecule has 0 radical (unpaired) electrons. The molecule has 2 bridgehead atoms. The predicted molar refractivity (Wildman–Crippen MR) is 145 cm³/mol. The Bertz CT molecular complexity index is 1160. The molecule has 3 unspecified atom stereocenters. The second-order valence-electron chi connectivity index (χ2n) is 10.2. The SMILES string of the molecule is CC1C[C@H]2SC13C(C(=O)Nc1ccc(Cl)cc1)N(CCCCO)C(=O)[C@@H]3[C@H]2C(=O)NCc1ccccc1. The number of nitrogens with one attached hydrogen (secondary N) is 2. The fourth-order valence-corrected chi connectivity index (χ4v) is 8.95. The molecule has 0 saturated carbocycles. The summed E-state index contributed by atoms with van der Waals surface area (Å²) < 4.78 is -0.674. The van der Waals surface area contributed by atoms with Gasteiger partial charge in [0.25, 0.3) is 0 Å². The molecule has 3 N–H and O–H groups in total. The van der Waals surface area contributed by atoms with E-state index in [1.165, 1.54) is 0 Å². The third kappa shape index (κ3) is 4.64. The highest BCUT2D eigenvalue weighted by Gasteiger charge is 2.75. The van der Waals surface area contributed by atoms with Crippen LogP contribution in [0.2, 0.25) is 5.02 Å². The average Bonchev–Trinajstić information content (AvgIpc) is 3.48. The Hall–Kier alpha value is -2.55. The number of aliphatic hydroxyl groups is 1. The highest BCUT2D eigenvalue weighted by atomic mass is 35.5. The van der Waals surface area contributed by atoms with E-state index in [1.807, 2.05) is 30.3 Å². The number of rotatable bonds is 9. The summed E-state index contributed by atoms with van der Waals surface area (Å²) in [4.78, 5) is 43.0. The van der Waals surface area contributed by atoms with Crippen molar-refractivity contribution >= 4 is 46.8 Å². The number of carbonyl (C=O) groups is 3. The van der Waals surface area contributed by atoms with Crippen LogP contribution in [0.25, 0.3) is 0 Å². The van der Waals surface area contributed by atoms with Crippen molar-refractivity contribution in [3.8, 4) is 0 Å². The number of aliphatic hydroxyl groups excluding tert-OH is 1. The molecule has 3 aliphatic heterocycles. The molecule has 3 saturated heterocycles. The number of thioether (sulfide) groups is 1. The van der Waals surface area contributed by atoms with Gasteiger partial charge >= 0.3 is 0 Å². The van der Waals surface area contributed by atoms with Crippen LogP contribution in [0.4, 0.5) is 5.69 Å². The molecule has 3 fully saturated rings. The number of carbonyl (C=O) groups excluding carboxylic acids is 3. The second kappa shape index (κ2) is 10.7. The van der Waals surface area contributed by atoms with Crippen molar-refractivity contribution in [1.82, 2.24) is 10.2 Å². The summed E-state index contributed by atoms with van der Waals surface area (Å²) in [6.07, 6.45) is 1.91. The first kappa shape index (κ1) is 26.1. The lowest BCUT2D eigenvalue weighted by Crippen LogP contribution is -2.55. The molecular formula is C28H32ClN3O4S. The van der Waals surface area contributed by atoms with Crippen LogP contribution in [-0.4, -0.2) is 56.9 Å². The summed E-state index contributed by atoms with van der Waals surface area (Å²) in [6, 6.07) is 15.9. The van der Waals surface area contributed by atoms with Crippen molar-refractivity contribution in [1.29, 1.82) is 0 Å². The molecule has 5 rings (SSSR count). The molecule has 3 amide bonds.